The number of carbonyl (C=O) groups is 2. The third-order valence-corrected chi connectivity index (χ3v) is 4.63. The van der Waals surface area contributed by atoms with Crippen molar-refractivity contribution in [1.29, 1.82) is 0 Å². The first-order chi connectivity index (χ1) is 9.42. The van der Waals surface area contributed by atoms with E-state index in [9.17, 15) is 14.7 Å². The Morgan fingerprint density at radius 1 is 1.45 bits per heavy atom. The summed E-state index contributed by atoms with van der Waals surface area (Å²) in [5.74, 6) is -1.09. The largest absolute Gasteiger partial charge is 0.479 e. The van der Waals surface area contributed by atoms with Gasteiger partial charge in [0.15, 0.2) is 0 Å². The van der Waals surface area contributed by atoms with Crippen molar-refractivity contribution in [3.05, 3.63) is 33.8 Å². The number of amides is 1. The maximum absolute atomic E-state index is 12.7. The minimum Gasteiger partial charge on any atom is -0.479 e. The van der Waals surface area contributed by atoms with Crippen LogP contribution in [0.1, 0.15) is 42.1 Å². The monoisotopic (exact) mass is 339 g/mol. The summed E-state index contributed by atoms with van der Waals surface area (Å²) in [6.07, 6.45) is 1.70. The second-order valence-electron chi connectivity index (χ2n) is 5.21. The molecule has 0 aliphatic carbocycles. The van der Waals surface area contributed by atoms with Gasteiger partial charge >= 0.3 is 5.97 Å². The Morgan fingerprint density at radius 2 is 2.15 bits per heavy atom. The van der Waals surface area contributed by atoms with Crippen LogP contribution >= 0.6 is 15.9 Å². The molecule has 5 heteroatoms. The number of aryl methyl sites for hydroxylation is 1. The van der Waals surface area contributed by atoms with Gasteiger partial charge in [-0.05, 0) is 49.9 Å². The summed E-state index contributed by atoms with van der Waals surface area (Å²) in [7, 11) is 0. The second kappa shape index (κ2) is 5.56. The van der Waals surface area contributed by atoms with E-state index in [1.54, 1.807) is 6.07 Å². The molecule has 1 heterocycles. The van der Waals surface area contributed by atoms with E-state index in [2.05, 4.69) is 15.9 Å². The molecule has 1 fully saturated rings. The second-order valence-corrected chi connectivity index (χ2v) is 6.13. The number of carbonyl (C=O) groups excluding carboxylic acids is 1. The molecule has 20 heavy (non-hydrogen) atoms. The van der Waals surface area contributed by atoms with E-state index in [-0.39, 0.29) is 5.91 Å². The van der Waals surface area contributed by atoms with Crippen LogP contribution in [0.25, 0.3) is 0 Å². The van der Waals surface area contributed by atoms with Crippen molar-refractivity contribution in [3.8, 4) is 0 Å². The van der Waals surface area contributed by atoms with Crippen molar-refractivity contribution in [1.82, 2.24) is 4.90 Å². The van der Waals surface area contributed by atoms with Crippen LogP contribution in [-0.2, 0) is 4.79 Å². The molecule has 1 saturated heterocycles. The first kappa shape index (κ1) is 15.0. The van der Waals surface area contributed by atoms with Crippen molar-refractivity contribution in [3.63, 3.8) is 0 Å². The minimum absolute atomic E-state index is 0.184. The third kappa shape index (κ3) is 2.35. The maximum atomic E-state index is 12.7. The lowest BCUT2D eigenvalue weighted by Crippen LogP contribution is -2.52. The molecule has 1 aromatic rings. The molecule has 0 spiro atoms. The molecule has 0 saturated carbocycles. The fourth-order valence-corrected chi connectivity index (χ4v) is 3.40. The molecule has 1 unspecified atom stereocenters. The summed E-state index contributed by atoms with van der Waals surface area (Å²) < 4.78 is 0.910. The van der Waals surface area contributed by atoms with E-state index < -0.39 is 11.5 Å². The Balaban J connectivity index is 2.39. The van der Waals surface area contributed by atoms with Gasteiger partial charge in [0, 0.05) is 16.6 Å². The smallest absolute Gasteiger partial charge is 0.329 e. The summed E-state index contributed by atoms with van der Waals surface area (Å²) >= 11 is 3.37. The van der Waals surface area contributed by atoms with Gasteiger partial charge in [-0.3, -0.25) is 4.79 Å². The number of carboxylic acid groups (broad SMARTS) is 1. The van der Waals surface area contributed by atoms with Crippen LogP contribution in [0.2, 0.25) is 0 Å². The normalized spacial score (nSPS) is 22.1. The van der Waals surface area contributed by atoms with Crippen molar-refractivity contribution in [2.24, 2.45) is 0 Å². The molecule has 0 radical (unpaired) electrons. The summed E-state index contributed by atoms with van der Waals surface area (Å²) in [6, 6.07) is 5.44. The van der Waals surface area contributed by atoms with E-state index in [0.29, 0.717) is 24.9 Å². The number of carboxylic acids is 1. The lowest BCUT2D eigenvalue weighted by atomic mass is 9.92. The molecule has 1 aliphatic rings. The van der Waals surface area contributed by atoms with Crippen molar-refractivity contribution < 1.29 is 14.7 Å². The average Bonchev–Trinajstić information content (AvgIpc) is 2.83. The average molecular weight is 340 g/mol. The standard InChI is InChI=1S/C15H18BrNO3/c1-3-15(14(19)20)7-4-8-17(15)13(18)12-6-5-11(16)9-10(12)2/h5-6,9H,3-4,7-8H2,1-2H3,(H,19,20). The van der Waals surface area contributed by atoms with Crippen LogP contribution in [0, 0.1) is 6.92 Å². The lowest BCUT2D eigenvalue weighted by Gasteiger charge is -2.34. The number of aliphatic carboxylic acids is 1. The predicted octanol–water partition coefficient (Wildman–Crippen LogP) is 3.23. The van der Waals surface area contributed by atoms with Gasteiger partial charge in [0.2, 0.25) is 0 Å². The Kier molecular flexibility index (Phi) is 4.18. The summed E-state index contributed by atoms with van der Waals surface area (Å²) in [6.45, 7) is 4.20. The van der Waals surface area contributed by atoms with Gasteiger partial charge < -0.3 is 10.0 Å². The van der Waals surface area contributed by atoms with Crippen molar-refractivity contribution in [2.45, 2.75) is 38.6 Å². The van der Waals surface area contributed by atoms with Crippen LogP contribution < -0.4 is 0 Å². The van der Waals surface area contributed by atoms with Crippen LogP contribution in [0.15, 0.2) is 22.7 Å². The molecule has 0 aromatic heterocycles. The van der Waals surface area contributed by atoms with Gasteiger partial charge in [0.1, 0.15) is 5.54 Å². The fraction of sp³-hybridized carbons (Fsp3) is 0.467. The van der Waals surface area contributed by atoms with Crippen molar-refractivity contribution >= 4 is 27.8 Å². The van der Waals surface area contributed by atoms with Gasteiger partial charge in [-0.1, -0.05) is 22.9 Å². The molecule has 1 amide bonds. The minimum atomic E-state index is -1.05. The van der Waals surface area contributed by atoms with Gasteiger partial charge in [0.25, 0.3) is 5.91 Å². The predicted molar refractivity (Wildman–Crippen MR) is 79.8 cm³/mol. The van der Waals surface area contributed by atoms with Gasteiger partial charge in [0.05, 0.1) is 0 Å². The third-order valence-electron chi connectivity index (χ3n) is 4.14. The highest BCUT2D eigenvalue weighted by molar-refractivity contribution is 9.10. The Bertz CT molecular complexity index is 558. The van der Waals surface area contributed by atoms with Gasteiger partial charge in [-0.25, -0.2) is 4.79 Å². The number of hydrogen-bond donors (Lipinski definition) is 1. The quantitative estimate of drug-likeness (QED) is 0.919. The topological polar surface area (TPSA) is 57.6 Å². The Hall–Kier alpha value is -1.36. The molecule has 1 N–H and O–H groups in total. The molecular weight excluding hydrogens is 322 g/mol. The SMILES string of the molecule is CCC1(C(=O)O)CCCN1C(=O)c1ccc(Br)cc1C. The summed E-state index contributed by atoms with van der Waals surface area (Å²) in [5.41, 5.74) is 0.386. The number of likely N-dealkylation sites (tertiary alicyclic amines) is 1. The lowest BCUT2D eigenvalue weighted by molar-refractivity contribution is -0.148. The molecule has 4 nitrogen and oxygen atoms in total. The summed E-state index contributed by atoms with van der Waals surface area (Å²) in [5, 5.41) is 9.54. The van der Waals surface area contributed by atoms with Gasteiger partial charge in [-0.2, -0.15) is 0 Å². The highest BCUT2D eigenvalue weighted by Crippen LogP contribution is 2.34. The molecule has 0 bridgehead atoms. The van der Waals surface area contributed by atoms with Gasteiger partial charge in [-0.15, -0.1) is 0 Å². The number of nitrogens with zero attached hydrogens (tertiary/aromatic N) is 1. The van der Waals surface area contributed by atoms with Crippen LogP contribution in [0.5, 0.6) is 0 Å². The maximum Gasteiger partial charge on any atom is 0.329 e. The van der Waals surface area contributed by atoms with E-state index in [1.165, 1.54) is 4.90 Å². The molecule has 1 aromatic carbocycles. The molecule has 1 atom stereocenters. The Labute approximate surface area is 126 Å². The molecule has 2 rings (SSSR count). The molecule has 108 valence electrons. The highest BCUT2D eigenvalue weighted by atomic mass is 79.9. The number of hydrogen-bond acceptors (Lipinski definition) is 2. The van der Waals surface area contributed by atoms with E-state index in [4.69, 9.17) is 0 Å². The van der Waals surface area contributed by atoms with Crippen LogP contribution in [-0.4, -0.2) is 34.0 Å². The van der Waals surface area contributed by atoms with Crippen LogP contribution in [0.4, 0.5) is 0 Å². The van der Waals surface area contributed by atoms with Crippen molar-refractivity contribution in [2.75, 3.05) is 6.54 Å². The zero-order chi connectivity index (χ0) is 14.9. The van der Waals surface area contributed by atoms with Crippen LogP contribution in [0.3, 0.4) is 0 Å². The van der Waals surface area contributed by atoms with E-state index in [1.807, 2.05) is 26.0 Å². The first-order valence-corrected chi connectivity index (χ1v) is 7.53. The van der Waals surface area contributed by atoms with E-state index in [0.717, 1.165) is 16.5 Å². The molecule has 1 aliphatic heterocycles. The zero-order valence-electron chi connectivity index (χ0n) is 11.6. The number of rotatable bonds is 3. The Morgan fingerprint density at radius 3 is 2.70 bits per heavy atom. The molecular formula is C15H18BrNO3. The first-order valence-electron chi connectivity index (χ1n) is 6.74. The summed E-state index contributed by atoms with van der Waals surface area (Å²) in [4.78, 5) is 25.9. The number of halogens is 1. The van der Waals surface area contributed by atoms with E-state index >= 15 is 0 Å². The zero-order valence-corrected chi connectivity index (χ0v) is 13.2. The number of benzene rings is 1. The fourth-order valence-electron chi connectivity index (χ4n) is 2.93. The highest BCUT2D eigenvalue weighted by Gasteiger charge is 2.48.